The number of pyridine rings is 1. The van der Waals surface area contributed by atoms with Crippen molar-refractivity contribution in [3.05, 3.63) is 59.8 Å². The van der Waals surface area contributed by atoms with Gasteiger partial charge in [0.25, 0.3) is 0 Å². The molecule has 2 bridgehead atoms. The van der Waals surface area contributed by atoms with Gasteiger partial charge >= 0.3 is 6.01 Å². The van der Waals surface area contributed by atoms with Crippen LogP contribution >= 0.6 is 0 Å². The van der Waals surface area contributed by atoms with E-state index in [2.05, 4.69) is 37.6 Å². The number of piperazine rings is 1. The number of terminal acetylenes is 1. The van der Waals surface area contributed by atoms with Crippen molar-refractivity contribution in [2.75, 3.05) is 37.7 Å². The zero-order chi connectivity index (χ0) is 30.9. The number of nitrogens with one attached hydrogen (secondary N) is 1. The first-order valence-electron chi connectivity index (χ1n) is 15.7. The number of hydrogen-bond acceptors (Lipinski definition) is 8. The summed E-state index contributed by atoms with van der Waals surface area (Å²) in [6.45, 7) is 7.95. The molecule has 10 heteroatoms. The minimum Gasteiger partial charge on any atom is -0.508 e. The van der Waals surface area contributed by atoms with Gasteiger partial charge in [-0.15, -0.1) is 6.42 Å². The van der Waals surface area contributed by atoms with Crippen molar-refractivity contribution in [2.45, 2.75) is 56.1 Å². The number of phenolic OH excluding ortho intramolecular Hbond substituents is 1. The maximum atomic E-state index is 16.8. The van der Waals surface area contributed by atoms with Crippen LogP contribution in [0.3, 0.4) is 0 Å². The van der Waals surface area contributed by atoms with Crippen LogP contribution in [0.25, 0.3) is 32.9 Å². The number of halogens is 2. The topological polar surface area (TPSA) is 86.6 Å². The van der Waals surface area contributed by atoms with Gasteiger partial charge in [-0.3, -0.25) is 9.88 Å². The van der Waals surface area contributed by atoms with E-state index >= 15 is 4.39 Å². The smallest absolute Gasteiger partial charge is 0.319 e. The molecule has 0 amide bonds. The summed E-state index contributed by atoms with van der Waals surface area (Å²) in [6.07, 6.45) is 13.5. The van der Waals surface area contributed by atoms with Gasteiger partial charge in [0.15, 0.2) is 5.82 Å². The van der Waals surface area contributed by atoms with Crippen molar-refractivity contribution in [2.24, 2.45) is 0 Å². The van der Waals surface area contributed by atoms with Gasteiger partial charge in [0, 0.05) is 48.9 Å². The summed E-state index contributed by atoms with van der Waals surface area (Å²) < 4.78 is 38.0. The second-order valence-corrected chi connectivity index (χ2v) is 13.0. The number of phenols is 1. The monoisotopic (exact) mass is 608 g/mol. The number of piperidine rings is 1. The molecule has 8 nitrogen and oxygen atoms in total. The van der Waals surface area contributed by atoms with Crippen LogP contribution in [0.2, 0.25) is 0 Å². The van der Waals surface area contributed by atoms with Crippen LogP contribution in [-0.4, -0.2) is 75.4 Å². The minimum absolute atomic E-state index is 0.0260. The lowest BCUT2D eigenvalue weighted by Gasteiger charge is -2.41. The molecule has 6 heterocycles. The third kappa shape index (κ3) is 4.68. The Morgan fingerprint density at radius 2 is 1.98 bits per heavy atom. The molecule has 4 aromatic rings. The second-order valence-electron chi connectivity index (χ2n) is 13.0. The average molecular weight is 609 g/mol. The molecule has 3 unspecified atom stereocenters. The zero-order valence-corrected chi connectivity index (χ0v) is 25.0. The van der Waals surface area contributed by atoms with Crippen LogP contribution in [0.5, 0.6) is 11.8 Å². The Morgan fingerprint density at radius 1 is 1.16 bits per heavy atom. The van der Waals surface area contributed by atoms with E-state index in [9.17, 15) is 9.50 Å². The van der Waals surface area contributed by atoms with Crippen molar-refractivity contribution < 1.29 is 18.6 Å². The molecule has 2 aromatic heterocycles. The molecule has 0 aliphatic carbocycles. The fraction of sp³-hybridized carbons (Fsp3) is 0.400. The van der Waals surface area contributed by atoms with Crippen LogP contribution < -0.4 is 15.0 Å². The molecular formula is C35H34F2N6O2. The van der Waals surface area contributed by atoms with E-state index in [-0.39, 0.29) is 39.6 Å². The third-order valence-corrected chi connectivity index (χ3v) is 10.1. The Bertz CT molecular complexity index is 1910. The van der Waals surface area contributed by atoms with Gasteiger partial charge in [0.1, 0.15) is 35.2 Å². The molecule has 0 saturated carbocycles. The van der Waals surface area contributed by atoms with E-state index in [4.69, 9.17) is 16.1 Å². The Balaban J connectivity index is 1.27. The minimum atomic E-state index is -0.718. The summed E-state index contributed by atoms with van der Waals surface area (Å²) in [6, 6.07) is 6.32. The molecule has 2 aromatic carbocycles. The quantitative estimate of drug-likeness (QED) is 0.233. The average Bonchev–Trinajstić information content (AvgIpc) is 3.56. The van der Waals surface area contributed by atoms with Crippen LogP contribution in [0, 0.1) is 24.0 Å². The summed E-state index contributed by atoms with van der Waals surface area (Å²) in [5.74, 6) is 1.52. The molecule has 3 atom stereocenters. The third-order valence-electron chi connectivity index (χ3n) is 10.1. The standard InChI is InChI=1S/C35H34F2N6O2/c1-3-25-28(36)9-6-21-12-24(44)13-26(29(21)25)31-30(37)32-27(15-38-31)33(42-17-22-7-8-23(18-42)39-22)41-34(40-32)45-19-35-10-4-5-11-43(35)16-20(2)14-35/h1,6,9,12-13,15,22-23,39,44H,2,4-5,7-8,10-11,14,16-19H2. The fourth-order valence-electron chi connectivity index (χ4n) is 8.04. The number of hydrogen-bond donors (Lipinski definition) is 2. The molecule has 4 saturated heterocycles. The number of fused-ring (bicyclic) bond motifs is 5. The summed E-state index contributed by atoms with van der Waals surface area (Å²) in [4.78, 5) is 18.7. The van der Waals surface area contributed by atoms with Gasteiger partial charge in [0.05, 0.1) is 16.5 Å². The van der Waals surface area contributed by atoms with Crippen molar-refractivity contribution in [1.82, 2.24) is 25.2 Å². The molecule has 45 heavy (non-hydrogen) atoms. The van der Waals surface area contributed by atoms with E-state index in [1.54, 1.807) is 6.20 Å². The van der Waals surface area contributed by atoms with Gasteiger partial charge in [-0.25, -0.2) is 8.78 Å². The van der Waals surface area contributed by atoms with Crippen LogP contribution in [0.1, 0.15) is 44.1 Å². The molecule has 4 aliphatic heterocycles. The van der Waals surface area contributed by atoms with Gasteiger partial charge in [0.2, 0.25) is 0 Å². The van der Waals surface area contributed by atoms with E-state index in [0.29, 0.717) is 40.7 Å². The van der Waals surface area contributed by atoms with E-state index in [1.165, 1.54) is 29.8 Å². The Kier molecular flexibility index (Phi) is 6.66. The first-order valence-corrected chi connectivity index (χ1v) is 15.7. The van der Waals surface area contributed by atoms with Crippen molar-refractivity contribution in [3.8, 4) is 35.4 Å². The van der Waals surface area contributed by atoms with Crippen molar-refractivity contribution in [3.63, 3.8) is 0 Å². The Morgan fingerprint density at radius 3 is 2.78 bits per heavy atom. The lowest BCUT2D eigenvalue weighted by atomic mass is 9.86. The number of anilines is 1. The molecule has 8 rings (SSSR count). The van der Waals surface area contributed by atoms with Crippen molar-refractivity contribution in [1.29, 1.82) is 0 Å². The number of aromatic hydroxyl groups is 1. The molecule has 4 fully saturated rings. The molecule has 4 aliphatic rings. The first kappa shape index (κ1) is 28.2. The second kappa shape index (κ2) is 10.6. The predicted molar refractivity (Wildman–Crippen MR) is 169 cm³/mol. The van der Waals surface area contributed by atoms with E-state index < -0.39 is 11.6 Å². The van der Waals surface area contributed by atoms with Crippen LogP contribution in [0.4, 0.5) is 14.6 Å². The highest BCUT2D eigenvalue weighted by molar-refractivity contribution is 6.03. The van der Waals surface area contributed by atoms with E-state index in [1.807, 2.05) is 0 Å². The first-order chi connectivity index (χ1) is 21.8. The van der Waals surface area contributed by atoms with Crippen molar-refractivity contribution >= 4 is 27.5 Å². The predicted octanol–water partition coefficient (Wildman–Crippen LogP) is 5.31. The lowest BCUT2D eigenvalue weighted by Crippen LogP contribution is -2.52. The van der Waals surface area contributed by atoms with Gasteiger partial charge < -0.3 is 20.1 Å². The molecular weight excluding hydrogens is 574 g/mol. The van der Waals surface area contributed by atoms with Crippen LogP contribution in [0.15, 0.2) is 42.6 Å². The SMILES string of the molecule is C#Cc1c(F)ccc2cc(O)cc(-c3ncc4c(N5CC6CCC(C5)N6)nc(OCC56CCCCN5CC(=C)C6)nc4c3F)c12. The van der Waals surface area contributed by atoms with Gasteiger partial charge in [-0.05, 0) is 62.2 Å². The number of rotatable bonds is 5. The fourth-order valence-corrected chi connectivity index (χ4v) is 8.04. The van der Waals surface area contributed by atoms with Gasteiger partial charge in [-0.1, -0.05) is 30.6 Å². The largest absolute Gasteiger partial charge is 0.508 e. The summed E-state index contributed by atoms with van der Waals surface area (Å²) in [5, 5.41) is 15.4. The van der Waals surface area contributed by atoms with Gasteiger partial charge in [-0.2, -0.15) is 9.97 Å². The highest BCUT2D eigenvalue weighted by Gasteiger charge is 2.45. The summed E-state index contributed by atoms with van der Waals surface area (Å²) >= 11 is 0. The maximum Gasteiger partial charge on any atom is 0.319 e. The highest BCUT2D eigenvalue weighted by Crippen LogP contribution is 2.42. The number of nitrogens with zero attached hydrogens (tertiary/aromatic N) is 5. The normalized spacial score (nSPS) is 24.7. The summed E-state index contributed by atoms with van der Waals surface area (Å²) in [5.41, 5.74) is 1.14. The van der Waals surface area contributed by atoms with Crippen LogP contribution in [-0.2, 0) is 0 Å². The number of benzene rings is 2. The Hall–Kier alpha value is -4.33. The molecule has 2 N–H and O–H groups in total. The van der Waals surface area contributed by atoms with E-state index in [0.717, 1.165) is 64.7 Å². The number of aromatic nitrogens is 3. The summed E-state index contributed by atoms with van der Waals surface area (Å²) in [7, 11) is 0. The zero-order valence-electron chi connectivity index (χ0n) is 25.0. The Labute approximate surface area is 260 Å². The lowest BCUT2D eigenvalue weighted by molar-refractivity contribution is 0.0388. The highest BCUT2D eigenvalue weighted by atomic mass is 19.1. The maximum absolute atomic E-state index is 16.8. The number of ether oxygens (including phenoxy) is 1. The molecule has 230 valence electrons. The molecule has 0 radical (unpaired) electrons. The molecule has 0 spiro atoms.